The second kappa shape index (κ2) is 22.5. The molecule has 9 nitrogen and oxygen atoms in total. The Morgan fingerprint density at radius 3 is 0.846 bits per heavy atom. The smallest absolute Gasteiger partial charge is 0.122 e. The van der Waals surface area contributed by atoms with Crippen molar-refractivity contribution >= 4 is 0 Å². The van der Waals surface area contributed by atoms with Gasteiger partial charge in [0.1, 0.15) is 55.5 Å². The summed E-state index contributed by atoms with van der Waals surface area (Å²) in [5.41, 5.74) is 3.98. The summed E-state index contributed by atoms with van der Waals surface area (Å²) in [6.07, 6.45) is -2.04. The fourth-order valence-electron chi connectivity index (χ4n) is 5.55. The van der Waals surface area contributed by atoms with Gasteiger partial charge >= 0.3 is 0 Å². The van der Waals surface area contributed by atoms with Crippen molar-refractivity contribution in [3.63, 3.8) is 0 Å². The van der Waals surface area contributed by atoms with Gasteiger partial charge in [0.25, 0.3) is 0 Å². The number of aliphatic hydroxyl groups is 3. The first kappa shape index (κ1) is 46.2. The summed E-state index contributed by atoms with van der Waals surface area (Å²) in [6, 6.07) is 31.6. The fourth-order valence-corrected chi connectivity index (χ4v) is 5.55. The molecular formula is C41H52N2O7Y2-2. The maximum atomic E-state index is 10.6. The van der Waals surface area contributed by atoms with Crippen LogP contribution in [0.5, 0.6) is 23.0 Å². The topological polar surface area (TPSA) is 126 Å². The van der Waals surface area contributed by atoms with Crippen LogP contribution >= 0.6 is 0 Å². The summed E-state index contributed by atoms with van der Waals surface area (Å²) in [5.74, 6) is 2.74. The molecule has 3 N–H and O–H groups in total. The molecule has 0 amide bonds. The van der Waals surface area contributed by atoms with Crippen molar-refractivity contribution in [2.24, 2.45) is 0 Å². The number of hydrogen-bond acceptors (Lipinski definition) is 7. The van der Waals surface area contributed by atoms with Crippen LogP contribution in [0.1, 0.15) is 49.9 Å². The molecule has 11 heteroatoms. The summed E-state index contributed by atoms with van der Waals surface area (Å²) in [5, 5.41) is 38.1. The Balaban J connectivity index is 0.00000468. The molecule has 4 aromatic carbocycles. The Bertz CT molecular complexity index is 1450. The zero-order valence-corrected chi connectivity index (χ0v) is 36.9. The van der Waals surface area contributed by atoms with E-state index in [9.17, 15) is 15.3 Å². The van der Waals surface area contributed by atoms with Crippen molar-refractivity contribution in [2.75, 3.05) is 53.6 Å². The maximum Gasteiger partial charge on any atom is 0.122 e. The van der Waals surface area contributed by atoms with Gasteiger partial charge in [0.2, 0.25) is 0 Å². The van der Waals surface area contributed by atoms with E-state index in [1.54, 1.807) is 14.1 Å². The number of aliphatic hydroxyl groups excluding tert-OH is 3. The van der Waals surface area contributed by atoms with Crippen molar-refractivity contribution in [2.45, 2.75) is 56.8 Å². The van der Waals surface area contributed by atoms with Crippen LogP contribution < -0.4 is 18.9 Å². The summed E-state index contributed by atoms with van der Waals surface area (Å²) < 4.78 is 23.1. The van der Waals surface area contributed by atoms with Crippen LogP contribution in [0.25, 0.3) is 10.6 Å². The molecule has 2 radical (unpaired) electrons. The van der Waals surface area contributed by atoms with Crippen molar-refractivity contribution in [1.29, 1.82) is 0 Å². The van der Waals surface area contributed by atoms with Gasteiger partial charge in [-0.3, -0.25) is 0 Å². The average molecular weight is 863 g/mol. The summed E-state index contributed by atoms with van der Waals surface area (Å²) >= 11 is 0. The van der Waals surface area contributed by atoms with E-state index >= 15 is 0 Å². The van der Waals surface area contributed by atoms with Gasteiger partial charge < -0.3 is 44.9 Å². The molecule has 0 heterocycles. The van der Waals surface area contributed by atoms with E-state index in [4.69, 9.17) is 18.9 Å². The molecule has 276 valence electrons. The van der Waals surface area contributed by atoms with E-state index < -0.39 is 18.3 Å². The molecule has 0 saturated heterocycles. The summed E-state index contributed by atoms with van der Waals surface area (Å²) in [7, 11) is 3.34. The third-order valence-electron chi connectivity index (χ3n) is 8.86. The molecule has 2 atom stereocenters. The fraction of sp³-hybridized carbons (Fsp3) is 0.415. The molecule has 52 heavy (non-hydrogen) atoms. The van der Waals surface area contributed by atoms with E-state index in [0.29, 0.717) is 36.1 Å². The standard InChI is InChI=1S/C41H52N2O7.2Y/c1-40(2,29-7-15-36(16-8-29)47-25-33(44)23-42-5)31-11-19-38(20-12-31)49-27-35(46)28-50-39-21-13-32(14-22-39)41(3,4)30-9-17-37(18-10-30)48-26-34(45)24-43-6;;/h7-22,33-35,44-46H,23-28H2,1-6H3;;/q-2;;. The number of benzene rings is 4. The first-order chi connectivity index (χ1) is 23.9. The molecule has 0 aliphatic carbocycles. The van der Waals surface area contributed by atoms with Crippen LogP contribution in [0.4, 0.5) is 0 Å². The Hall–Kier alpha value is -1.91. The normalized spacial score (nSPS) is 13.2. The number of nitrogens with zero attached hydrogens (tertiary/aromatic N) is 2. The van der Waals surface area contributed by atoms with E-state index in [2.05, 4.69) is 38.3 Å². The molecule has 0 saturated carbocycles. The number of ether oxygens (including phenoxy) is 4. The van der Waals surface area contributed by atoms with Gasteiger partial charge in [-0.1, -0.05) is 76.2 Å². The number of hydrogen-bond donors (Lipinski definition) is 3. The molecule has 0 aliphatic heterocycles. The molecule has 0 fully saturated rings. The van der Waals surface area contributed by atoms with Crippen LogP contribution in [0.15, 0.2) is 97.1 Å². The Kier molecular flexibility index (Phi) is 20.0. The monoisotopic (exact) mass is 862 g/mol. The average Bonchev–Trinajstić information content (AvgIpc) is 3.12. The first-order valence-electron chi connectivity index (χ1n) is 17.0. The number of rotatable bonds is 20. The van der Waals surface area contributed by atoms with Gasteiger partial charge in [-0.25, -0.2) is 0 Å². The van der Waals surface area contributed by atoms with Gasteiger partial charge in [-0.2, -0.15) is 14.1 Å². The second-order valence-corrected chi connectivity index (χ2v) is 13.6. The molecule has 4 rings (SSSR count). The van der Waals surface area contributed by atoms with E-state index in [-0.39, 0.29) is 103 Å². The molecule has 0 bridgehead atoms. The minimum atomic E-state index is -0.807. The van der Waals surface area contributed by atoms with Crippen molar-refractivity contribution < 1.29 is 99.7 Å². The van der Waals surface area contributed by atoms with Crippen LogP contribution in [0, 0.1) is 0 Å². The van der Waals surface area contributed by atoms with Gasteiger partial charge in [-0.15, -0.1) is 13.1 Å². The Morgan fingerprint density at radius 1 is 0.423 bits per heavy atom. The molecular weight excluding hydrogens is 810 g/mol. The molecule has 2 unspecified atom stereocenters. The summed E-state index contributed by atoms with van der Waals surface area (Å²) in [6.45, 7) is 9.95. The van der Waals surface area contributed by atoms with Crippen LogP contribution in [0.3, 0.4) is 0 Å². The predicted octanol–water partition coefficient (Wildman–Crippen LogP) is 6.64. The van der Waals surface area contributed by atoms with E-state index in [0.717, 1.165) is 22.3 Å². The predicted molar refractivity (Wildman–Crippen MR) is 198 cm³/mol. The van der Waals surface area contributed by atoms with Crippen LogP contribution in [-0.2, 0) is 76.2 Å². The Morgan fingerprint density at radius 2 is 0.635 bits per heavy atom. The molecule has 4 aromatic rings. The van der Waals surface area contributed by atoms with Gasteiger partial charge in [0.15, 0.2) is 0 Å². The van der Waals surface area contributed by atoms with Crippen LogP contribution in [0.2, 0.25) is 0 Å². The maximum absolute atomic E-state index is 10.6. The SMILES string of the molecule is C[N-]CC(O)COc1ccc(C(C)(C)c2ccc(OCC(O)COc3ccc(C(C)(C)c4ccc(OCC(O)C[N-]C)cc4)cc3)cc2)cc1.[Y].[Y]. The molecule has 0 aliphatic rings. The Labute approximate surface area is 360 Å². The minimum absolute atomic E-state index is 0. The van der Waals surface area contributed by atoms with Crippen molar-refractivity contribution in [3.8, 4) is 23.0 Å². The largest absolute Gasteiger partial charge is 0.663 e. The van der Waals surface area contributed by atoms with Crippen molar-refractivity contribution in [3.05, 3.63) is 130 Å². The quantitative estimate of drug-likeness (QED) is 0.0911. The summed E-state index contributed by atoms with van der Waals surface area (Å²) in [4.78, 5) is 0. The molecule has 0 spiro atoms. The zero-order valence-electron chi connectivity index (χ0n) is 31.2. The second-order valence-electron chi connectivity index (χ2n) is 13.6. The van der Waals surface area contributed by atoms with E-state index in [1.807, 2.05) is 97.1 Å². The van der Waals surface area contributed by atoms with Gasteiger partial charge in [0.05, 0.1) is 12.2 Å². The third kappa shape index (κ3) is 13.7. The zero-order chi connectivity index (χ0) is 36.1. The minimum Gasteiger partial charge on any atom is -0.663 e. The van der Waals surface area contributed by atoms with Gasteiger partial charge in [0, 0.05) is 76.2 Å². The van der Waals surface area contributed by atoms with Crippen molar-refractivity contribution in [1.82, 2.24) is 0 Å². The van der Waals surface area contributed by atoms with Crippen LogP contribution in [-0.4, -0.2) is 87.2 Å². The third-order valence-corrected chi connectivity index (χ3v) is 8.86. The molecule has 0 aromatic heterocycles. The first-order valence-corrected chi connectivity index (χ1v) is 17.0. The van der Waals surface area contributed by atoms with E-state index in [1.165, 1.54) is 0 Å². The number of likely N-dealkylation sites (N-methyl/N-ethyl adjacent to an activating group) is 2. The van der Waals surface area contributed by atoms with Gasteiger partial charge in [-0.05, 0) is 70.8 Å².